The lowest BCUT2D eigenvalue weighted by atomic mass is 10.1. The Bertz CT molecular complexity index is 1250. The first-order valence-corrected chi connectivity index (χ1v) is 12.4. The number of amides is 1. The number of carbonyl (C=O) groups excluding carboxylic acids is 1. The summed E-state index contributed by atoms with van der Waals surface area (Å²) < 4.78 is 34.2. The van der Waals surface area contributed by atoms with Crippen molar-refractivity contribution < 1.29 is 17.9 Å². The molecule has 1 saturated heterocycles. The molecular weight excluding hydrogens is 454 g/mol. The summed E-state index contributed by atoms with van der Waals surface area (Å²) in [5.41, 5.74) is 2.29. The lowest BCUT2D eigenvalue weighted by Crippen LogP contribution is -2.43. The van der Waals surface area contributed by atoms with Gasteiger partial charge in [0.05, 0.1) is 23.4 Å². The van der Waals surface area contributed by atoms with E-state index in [0.717, 1.165) is 37.4 Å². The Labute approximate surface area is 199 Å². The number of sulfonamides is 1. The third-order valence-electron chi connectivity index (χ3n) is 5.49. The largest absolute Gasteiger partial charge is 0.497 e. The van der Waals surface area contributed by atoms with E-state index in [2.05, 4.69) is 25.2 Å². The minimum Gasteiger partial charge on any atom is -0.497 e. The van der Waals surface area contributed by atoms with Crippen LogP contribution in [-0.2, 0) is 16.6 Å². The van der Waals surface area contributed by atoms with Gasteiger partial charge in [-0.15, -0.1) is 0 Å². The molecule has 10 heteroatoms. The first-order valence-electron chi connectivity index (χ1n) is 10.9. The molecule has 1 aliphatic rings. The summed E-state index contributed by atoms with van der Waals surface area (Å²) in [6.45, 7) is 3.34. The van der Waals surface area contributed by atoms with Crippen LogP contribution in [0, 0.1) is 0 Å². The standard InChI is InChI=1S/C24H27N5O4S/c1-33-20-5-2-6-21(15-20)34(31,32)28-22-14-19(7-8-23(22)29-12-10-25-11-13-29)24(30)27-17-18-4-3-9-26-16-18/h2-9,14-16,25,28H,10-13,17H2,1H3,(H,27,30). The van der Waals surface area contributed by atoms with Gasteiger partial charge >= 0.3 is 0 Å². The zero-order valence-electron chi connectivity index (χ0n) is 18.8. The normalized spacial score (nSPS) is 13.9. The highest BCUT2D eigenvalue weighted by molar-refractivity contribution is 7.92. The first kappa shape index (κ1) is 23.5. The van der Waals surface area contributed by atoms with Crippen LogP contribution in [0.3, 0.4) is 0 Å². The van der Waals surface area contributed by atoms with Crippen molar-refractivity contribution in [3.8, 4) is 5.75 Å². The lowest BCUT2D eigenvalue weighted by Gasteiger charge is -2.31. The molecule has 0 saturated carbocycles. The second-order valence-electron chi connectivity index (χ2n) is 7.80. The summed E-state index contributed by atoms with van der Waals surface area (Å²) in [5.74, 6) is 0.131. The Morgan fingerprint density at radius 3 is 2.68 bits per heavy atom. The van der Waals surface area contributed by atoms with Gasteiger partial charge in [0.25, 0.3) is 15.9 Å². The number of hydrogen-bond donors (Lipinski definition) is 3. The maximum atomic E-state index is 13.2. The molecule has 1 amide bonds. The molecule has 0 bridgehead atoms. The molecule has 3 N–H and O–H groups in total. The van der Waals surface area contributed by atoms with E-state index in [1.165, 1.54) is 19.2 Å². The fourth-order valence-electron chi connectivity index (χ4n) is 3.70. The van der Waals surface area contributed by atoms with Crippen LogP contribution < -0.4 is 25.0 Å². The minimum absolute atomic E-state index is 0.0737. The number of rotatable bonds is 8. The van der Waals surface area contributed by atoms with Gasteiger partial charge in [0.2, 0.25) is 0 Å². The second-order valence-corrected chi connectivity index (χ2v) is 9.48. The Morgan fingerprint density at radius 2 is 1.94 bits per heavy atom. The van der Waals surface area contributed by atoms with E-state index in [9.17, 15) is 13.2 Å². The molecule has 34 heavy (non-hydrogen) atoms. The fraction of sp³-hybridized carbons (Fsp3) is 0.250. The van der Waals surface area contributed by atoms with Crippen molar-refractivity contribution in [2.24, 2.45) is 0 Å². The molecule has 9 nitrogen and oxygen atoms in total. The molecule has 1 aliphatic heterocycles. The van der Waals surface area contributed by atoms with Crippen molar-refractivity contribution in [1.29, 1.82) is 0 Å². The fourth-order valence-corrected chi connectivity index (χ4v) is 4.80. The third kappa shape index (κ3) is 5.64. The van der Waals surface area contributed by atoms with Crippen LogP contribution in [0.15, 0.2) is 71.9 Å². The number of hydrogen-bond acceptors (Lipinski definition) is 7. The molecule has 4 rings (SSSR count). The van der Waals surface area contributed by atoms with Crippen LogP contribution in [0.25, 0.3) is 0 Å². The molecule has 178 valence electrons. The molecule has 0 spiro atoms. The van der Waals surface area contributed by atoms with E-state index >= 15 is 0 Å². The molecule has 1 aromatic heterocycles. The number of carbonyl (C=O) groups is 1. The van der Waals surface area contributed by atoms with Crippen molar-refractivity contribution in [2.45, 2.75) is 11.4 Å². The Morgan fingerprint density at radius 1 is 1.12 bits per heavy atom. The summed E-state index contributed by atoms with van der Waals surface area (Å²) >= 11 is 0. The molecule has 0 unspecified atom stereocenters. The molecule has 2 heterocycles. The predicted molar refractivity (Wildman–Crippen MR) is 131 cm³/mol. The number of ether oxygens (including phenoxy) is 1. The summed E-state index contributed by atoms with van der Waals surface area (Å²) in [7, 11) is -2.44. The van der Waals surface area contributed by atoms with E-state index in [1.54, 1.807) is 48.8 Å². The molecule has 0 aliphatic carbocycles. The van der Waals surface area contributed by atoms with Gasteiger partial charge in [-0.05, 0) is 42.0 Å². The first-order chi connectivity index (χ1) is 16.5. The van der Waals surface area contributed by atoms with E-state index < -0.39 is 10.0 Å². The number of benzene rings is 2. The van der Waals surface area contributed by atoms with Gasteiger partial charge in [0.15, 0.2) is 0 Å². The summed E-state index contributed by atoms with van der Waals surface area (Å²) in [4.78, 5) is 19.0. The SMILES string of the molecule is COc1cccc(S(=O)(=O)Nc2cc(C(=O)NCc3cccnc3)ccc2N2CCNCC2)c1. The van der Waals surface area contributed by atoms with E-state index in [0.29, 0.717) is 23.5 Å². The van der Waals surface area contributed by atoms with Gasteiger partial charge < -0.3 is 20.3 Å². The number of nitrogens with zero attached hydrogens (tertiary/aromatic N) is 2. The zero-order valence-corrected chi connectivity index (χ0v) is 19.6. The van der Waals surface area contributed by atoms with Crippen LogP contribution in [0.1, 0.15) is 15.9 Å². The van der Waals surface area contributed by atoms with Crippen LogP contribution in [0.5, 0.6) is 5.75 Å². The quantitative estimate of drug-likeness (QED) is 0.452. The summed E-state index contributed by atoms with van der Waals surface area (Å²) in [5, 5.41) is 6.14. The number of pyridine rings is 1. The monoisotopic (exact) mass is 481 g/mol. The molecule has 0 radical (unpaired) electrons. The van der Waals surface area contributed by atoms with Crippen molar-refractivity contribution in [3.05, 3.63) is 78.1 Å². The Balaban J connectivity index is 1.62. The molecule has 2 aromatic carbocycles. The van der Waals surface area contributed by atoms with Crippen molar-refractivity contribution >= 4 is 27.3 Å². The smallest absolute Gasteiger partial charge is 0.262 e. The number of aromatic nitrogens is 1. The van der Waals surface area contributed by atoms with Crippen molar-refractivity contribution in [3.63, 3.8) is 0 Å². The molecule has 3 aromatic rings. The lowest BCUT2D eigenvalue weighted by molar-refractivity contribution is 0.0951. The number of piperazine rings is 1. The van der Waals surface area contributed by atoms with Crippen LogP contribution >= 0.6 is 0 Å². The molecule has 1 fully saturated rings. The third-order valence-corrected chi connectivity index (χ3v) is 6.85. The van der Waals surface area contributed by atoms with E-state index in [-0.39, 0.29) is 10.8 Å². The Hall–Kier alpha value is -3.63. The van der Waals surface area contributed by atoms with Gasteiger partial charge in [0, 0.05) is 56.7 Å². The highest BCUT2D eigenvalue weighted by Gasteiger charge is 2.22. The van der Waals surface area contributed by atoms with Gasteiger partial charge in [-0.25, -0.2) is 8.42 Å². The maximum Gasteiger partial charge on any atom is 0.262 e. The maximum absolute atomic E-state index is 13.2. The van der Waals surface area contributed by atoms with Crippen LogP contribution in [0.4, 0.5) is 11.4 Å². The average molecular weight is 482 g/mol. The van der Waals surface area contributed by atoms with E-state index in [1.807, 2.05) is 6.07 Å². The highest BCUT2D eigenvalue weighted by atomic mass is 32.2. The van der Waals surface area contributed by atoms with Gasteiger partial charge in [0.1, 0.15) is 5.75 Å². The topological polar surface area (TPSA) is 113 Å². The molecule has 0 atom stereocenters. The zero-order chi connectivity index (χ0) is 24.0. The average Bonchev–Trinajstić information content (AvgIpc) is 2.88. The number of anilines is 2. The van der Waals surface area contributed by atoms with E-state index in [4.69, 9.17) is 4.74 Å². The number of nitrogens with one attached hydrogen (secondary N) is 3. The Kier molecular flexibility index (Phi) is 7.29. The highest BCUT2D eigenvalue weighted by Crippen LogP contribution is 2.30. The minimum atomic E-state index is -3.92. The van der Waals surface area contributed by atoms with Crippen LogP contribution in [0.2, 0.25) is 0 Å². The number of methoxy groups -OCH3 is 1. The summed E-state index contributed by atoms with van der Waals surface area (Å²) in [6, 6.07) is 15.0. The van der Waals surface area contributed by atoms with Crippen molar-refractivity contribution in [1.82, 2.24) is 15.6 Å². The van der Waals surface area contributed by atoms with Gasteiger partial charge in [-0.1, -0.05) is 12.1 Å². The summed E-state index contributed by atoms with van der Waals surface area (Å²) in [6.07, 6.45) is 3.35. The van der Waals surface area contributed by atoms with Gasteiger partial charge in [-0.2, -0.15) is 0 Å². The predicted octanol–water partition coefficient (Wildman–Crippen LogP) is 2.23. The van der Waals surface area contributed by atoms with Crippen molar-refractivity contribution in [2.75, 3.05) is 42.9 Å². The second kappa shape index (κ2) is 10.5. The van der Waals surface area contributed by atoms with Crippen LogP contribution in [-0.4, -0.2) is 52.6 Å². The van der Waals surface area contributed by atoms with Gasteiger partial charge in [-0.3, -0.25) is 14.5 Å². The molecular formula is C24H27N5O4S.